The Balaban J connectivity index is 1.65. The first-order valence-electron chi connectivity index (χ1n) is 8.38. The fourth-order valence-electron chi connectivity index (χ4n) is 3.10. The average Bonchev–Trinajstić information content (AvgIpc) is 3.32. The van der Waals surface area contributed by atoms with Crippen molar-refractivity contribution in [2.75, 3.05) is 6.54 Å². The summed E-state index contributed by atoms with van der Waals surface area (Å²) in [5, 5.41) is 8.15. The van der Waals surface area contributed by atoms with E-state index in [1.54, 1.807) is 42.7 Å². The summed E-state index contributed by atoms with van der Waals surface area (Å²) in [6.45, 7) is 2.36. The van der Waals surface area contributed by atoms with Crippen LogP contribution in [0.1, 0.15) is 30.3 Å². The molecule has 0 radical (unpaired) electrons. The van der Waals surface area contributed by atoms with E-state index in [0.29, 0.717) is 30.3 Å². The molecular formula is C18H18N4O3S. The van der Waals surface area contributed by atoms with E-state index in [-0.39, 0.29) is 4.90 Å². The predicted octanol–water partition coefficient (Wildman–Crippen LogP) is 2.97. The molecule has 1 fully saturated rings. The number of aryl methyl sites for hydroxylation is 1. The highest BCUT2D eigenvalue weighted by molar-refractivity contribution is 7.89. The molecule has 8 heteroatoms. The third-order valence-electron chi connectivity index (χ3n) is 4.47. The third-order valence-corrected chi connectivity index (χ3v) is 6.39. The topological polar surface area (TPSA) is 89.2 Å². The summed E-state index contributed by atoms with van der Waals surface area (Å²) in [6, 6.07) is 10.0. The van der Waals surface area contributed by atoms with Crippen molar-refractivity contribution in [1.82, 2.24) is 19.5 Å². The van der Waals surface area contributed by atoms with Crippen LogP contribution in [0, 0.1) is 6.92 Å². The van der Waals surface area contributed by atoms with Crippen LogP contribution >= 0.6 is 0 Å². The number of sulfonamides is 1. The minimum absolute atomic E-state index is 0.280. The molecule has 1 unspecified atom stereocenters. The van der Waals surface area contributed by atoms with Crippen molar-refractivity contribution >= 4 is 10.0 Å². The van der Waals surface area contributed by atoms with E-state index in [2.05, 4.69) is 15.2 Å². The van der Waals surface area contributed by atoms with Gasteiger partial charge in [0.25, 0.3) is 0 Å². The van der Waals surface area contributed by atoms with Crippen molar-refractivity contribution in [3.8, 4) is 11.5 Å². The standard InChI is InChI=1S/C18H18N4O3S/c1-13-6-8-15(9-7-13)26(23,24)22-11-3-5-16(22)18-21-20-17(25-18)14-4-2-10-19-12-14/h2,4,6-10,12,16H,3,5,11H2,1H3. The largest absolute Gasteiger partial charge is 0.419 e. The number of pyridine rings is 1. The van der Waals surface area contributed by atoms with E-state index < -0.39 is 16.1 Å². The lowest BCUT2D eigenvalue weighted by Crippen LogP contribution is -2.30. The van der Waals surface area contributed by atoms with Crippen molar-refractivity contribution < 1.29 is 12.8 Å². The van der Waals surface area contributed by atoms with Crippen LogP contribution in [-0.4, -0.2) is 34.4 Å². The lowest BCUT2D eigenvalue weighted by atomic mass is 10.2. The highest BCUT2D eigenvalue weighted by Gasteiger charge is 2.39. The van der Waals surface area contributed by atoms with Crippen LogP contribution in [0.15, 0.2) is 58.1 Å². The predicted molar refractivity (Wildman–Crippen MR) is 94.6 cm³/mol. The molecule has 1 aliphatic heterocycles. The van der Waals surface area contributed by atoms with E-state index >= 15 is 0 Å². The molecule has 0 N–H and O–H groups in total. The maximum Gasteiger partial charge on any atom is 0.249 e. The zero-order valence-electron chi connectivity index (χ0n) is 14.2. The van der Waals surface area contributed by atoms with Crippen molar-refractivity contribution in [1.29, 1.82) is 0 Å². The molecular weight excluding hydrogens is 352 g/mol. The molecule has 134 valence electrons. The molecule has 3 heterocycles. The first-order valence-corrected chi connectivity index (χ1v) is 9.82. The Morgan fingerprint density at radius 1 is 1.15 bits per heavy atom. The first kappa shape index (κ1) is 16.9. The highest BCUT2D eigenvalue weighted by Crippen LogP contribution is 2.36. The maximum atomic E-state index is 13.0. The van der Waals surface area contributed by atoms with Gasteiger partial charge >= 0.3 is 0 Å². The first-order chi connectivity index (χ1) is 12.6. The molecule has 1 aromatic carbocycles. The Morgan fingerprint density at radius 2 is 1.96 bits per heavy atom. The zero-order valence-corrected chi connectivity index (χ0v) is 15.1. The normalized spacial score (nSPS) is 18.3. The number of aromatic nitrogens is 3. The van der Waals surface area contributed by atoms with Gasteiger partial charge < -0.3 is 4.42 Å². The number of nitrogens with zero attached hydrogens (tertiary/aromatic N) is 4. The minimum atomic E-state index is -3.61. The molecule has 0 bridgehead atoms. The molecule has 0 saturated carbocycles. The van der Waals surface area contributed by atoms with Crippen molar-refractivity contribution in [3.63, 3.8) is 0 Å². The summed E-state index contributed by atoms with van der Waals surface area (Å²) in [5.41, 5.74) is 1.72. The summed E-state index contributed by atoms with van der Waals surface area (Å²) in [7, 11) is -3.61. The highest BCUT2D eigenvalue weighted by atomic mass is 32.2. The van der Waals surface area contributed by atoms with Gasteiger partial charge in [-0.15, -0.1) is 10.2 Å². The maximum absolute atomic E-state index is 13.0. The lowest BCUT2D eigenvalue weighted by Gasteiger charge is -2.21. The van der Waals surface area contributed by atoms with Gasteiger partial charge in [-0.3, -0.25) is 4.98 Å². The molecule has 1 aliphatic rings. The van der Waals surface area contributed by atoms with Crippen molar-refractivity contribution in [2.45, 2.75) is 30.7 Å². The van der Waals surface area contributed by atoms with Crippen molar-refractivity contribution in [3.05, 3.63) is 60.2 Å². The van der Waals surface area contributed by atoms with Crippen LogP contribution in [0.25, 0.3) is 11.5 Å². The third kappa shape index (κ3) is 3.02. The van der Waals surface area contributed by atoms with Gasteiger partial charge in [0.2, 0.25) is 21.8 Å². The Hall–Kier alpha value is -2.58. The SMILES string of the molecule is Cc1ccc(S(=O)(=O)N2CCCC2c2nnc(-c3cccnc3)o2)cc1. The molecule has 0 aliphatic carbocycles. The van der Waals surface area contributed by atoms with Crippen LogP contribution in [0.3, 0.4) is 0 Å². The van der Waals surface area contributed by atoms with Gasteiger partial charge in [0.1, 0.15) is 6.04 Å². The summed E-state index contributed by atoms with van der Waals surface area (Å²) in [4.78, 5) is 4.31. The second-order valence-electron chi connectivity index (χ2n) is 6.27. The number of hydrogen-bond donors (Lipinski definition) is 0. The number of benzene rings is 1. The Kier molecular flexibility index (Phi) is 4.29. The monoisotopic (exact) mass is 370 g/mol. The van der Waals surface area contributed by atoms with Crippen LogP contribution in [0.5, 0.6) is 0 Å². The van der Waals surface area contributed by atoms with Gasteiger partial charge in [-0.2, -0.15) is 4.31 Å². The molecule has 1 saturated heterocycles. The quantitative estimate of drug-likeness (QED) is 0.701. The van der Waals surface area contributed by atoms with E-state index in [1.807, 2.05) is 13.0 Å². The molecule has 7 nitrogen and oxygen atoms in total. The minimum Gasteiger partial charge on any atom is -0.419 e. The van der Waals surface area contributed by atoms with Gasteiger partial charge in [0.15, 0.2) is 0 Å². The Labute approximate surface area is 151 Å². The van der Waals surface area contributed by atoms with Gasteiger partial charge in [0, 0.05) is 18.9 Å². The second-order valence-corrected chi connectivity index (χ2v) is 8.16. The van der Waals surface area contributed by atoms with Gasteiger partial charge in [-0.25, -0.2) is 8.42 Å². The van der Waals surface area contributed by atoms with Gasteiger partial charge in [0.05, 0.1) is 10.5 Å². The molecule has 1 atom stereocenters. The fraction of sp³-hybridized carbons (Fsp3) is 0.278. The van der Waals surface area contributed by atoms with E-state index in [0.717, 1.165) is 12.0 Å². The van der Waals surface area contributed by atoms with Crippen LogP contribution in [0.4, 0.5) is 0 Å². The fourth-order valence-corrected chi connectivity index (χ4v) is 4.75. The molecule has 0 amide bonds. The average molecular weight is 370 g/mol. The summed E-state index contributed by atoms with van der Waals surface area (Å²) >= 11 is 0. The number of hydrogen-bond acceptors (Lipinski definition) is 6. The Bertz CT molecular complexity index is 1000. The van der Waals surface area contributed by atoms with E-state index in [4.69, 9.17) is 4.42 Å². The van der Waals surface area contributed by atoms with Crippen LogP contribution in [-0.2, 0) is 10.0 Å². The number of rotatable bonds is 4. The summed E-state index contributed by atoms with van der Waals surface area (Å²) < 4.78 is 33.3. The van der Waals surface area contributed by atoms with Crippen LogP contribution < -0.4 is 0 Å². The molecule has 4 rings (SSSR count). The molecule has 26 heavy (non-hydrogen) atoms. The zero-order chi connectivity index (χ0) is 18.1. The second kappa shape index (κ2) is 6.62. The lowest BCUT2D eigenvalue weighted by molar-refractivity contribution is 0.332. The van der Waals surface area contributed by atoms with E-state index in [9.17, 15) is 8.42 Å². The van der Waals surface area contributed by atoms with Gasteiger partial charge in [-0.05, 0) is 44.0 Å². The van der Waals surface area contributed by atoms with Crippen LogP contribution in [0.2, 0.25) is 0 Å². The van der Waals surface area contributed by atoms with Crippen molar-refractivity contribution in [2.24, 2.45) is 0 Å². The summed E-state index contributed by atoms with van der Waals surface area (Å²) in [5.74, 6) is 0.657. The smallest absolute Gasteiger partial charge is 0.249 e. The summed E-state index contributed by atoms with van der Waals surface area (Å²) in [6.07, 6.45) is 4.69. The van der Waals surface area contributed by atoms with E-state index in [1.165, 1.54) is 4.31 Å². The molecule has 2 aromatic heterocycles. The van der Waals surface area contributed by atoms with Gasteiger partial charge in [-0.1, -0.05) is 17.7 Å². The molecule has 0 spiro atoms. The molecule has 3 aromatic rings. The Morgan fingerprint density at radius 3 is 2.69 bits per heavy atom.